The van der Waals surface area contributed by atoms with Gasteiger partial charge in [0.1, 0.15) is 22.5 Å². The van der Waals surface area contributed by atoms with Crippen LogP contribution in [0, 0.1) is 0 Å². The molecule has 59 heavy (non-hydrogen) atoms. The van der Waals surface area contributed by atoms with E-state index in [1.165, 1.54) is 54.8 Å². The molecule has 0 amide bonds. The van der Waals surface area contributed by atoms with Gasteiger partial charge in [-0.3, -0.25) is 0 Å². The number of hydrogen-bond donors (Lipinski definition) is 0. The number of nitrogens with zero attached hydrogens (tertiary/aromatic N) is 2. The van der Waals surface area contributed by atoms with Crippen LogP contribution < -0.4 is 0 Å². The Kier molecular flexibility index (Phi) is 7.26. The topological polar surface area (TPSA) is 36.1 Å². The van der Waals surface area contributed by atoms with Crippen molar-refractivity contribution in [3.63, 3.8) is 0 Å². The maximum Gasteiger partial charge on any atom is 0.135 e. The van der Waals surface area contributed by atoms with Crippen molar-refractivity contribution in [3.05, 3.63) is 194 Å². The number of para-hydroxylation sites is 3. The summed E-state index contributed by atoms with van der Waals surface area (Å²) in [4.78, 5) is 0. The molecule has 0 aliphatic carbocycles. The van der Waals surface area contributed by atoms with Crippen molar-refractivity contribution in [3.8, 4) is 33.6 Å². The summed E-state index contributed by atoms with van der Waals surface area (Å²) in [5.74, 6) is 0.827. The van der Waals surface area contributed by atoms with Crippen LogP contribution in [0.3, 0.4) is 0 Å². The van der Waals surface area contributed by atoms with Crippen molar-refractivity contribution < 1.29 is 8.83 Å². The second kappa shape index (κ2) is 12.9. The first-order chi connectivity index (χ1) is 29.1. The molecule has 0 fully saturated rings. The monoisotopic (exact) mass is 756 g/mol. The van der Waals surface area contributed by atoms with Crippen LogP contribution in [0.4, 0.5) is 0 Å². The van der Waals surface area contributed by atoms with Gasteiger partial charge in [0.25, 0.3) is 0 Å². The molecule has 0 atom stereocenters. The van der Waals surface area contributed by atoms with Gasteiger partial charge in [0.15, 0.2) is 0 Å². The zero-order valence-electron chi connectivity index (χ0n) is 32.3. The lowest BCUT2D eigenvalue weighted by molar-refractivity contribution is 0.603. The second-order valence-electron chi connectivity index (χ2n) is 15.3. The maximum atomic E-state index is 6.19. The molecule has 0 saturated carbocycles. The molecule has 0 saturated heterocycles. The van der Waals surface area contributed by atoms with E-state index >= 15 is 0 Å². The van der Waals surface area contributed by atoms with Gasteiger partial charge >= 0.3 is 0 Å². The van der Waals surface area contributed by atoms with Gasteiger partial charge in [-0.2, -0.15) is 0 Å². The maximum absolute atomic E-state index is 6.19. The molecule has 4 aromatic heterocycles. The van der Waals surface area contributed by atoms with Gasteiger partial charge in [-0.05, 0) is 120 Å². The molecular weight excluding hydrogens is 721 g/mol. The van der Waals surface area contributed by atoms with E-state index in [0.717, 1.165) is 66.6 Å². The van der Waals surface area contributed by atoms with Gasteiger partial charge in [0, 0.05) is 54.6 Å². The fraction of sp³-hybridized carbons (Fsp3) is 0.0182. The molecule has 0 bridgehead atoms. The van der Waals surface area contributed by atoms with Crippen LogP contribution in [-0.4, -0.2) is 9.13 Å². The minimum Gasteiger partial charge on any atom is -0.456 e. The average Bonchev–Trinajstić information content (AvgIpc) is 4.03. The quantitative estimate of drug-likeness (QED) is 0.169. The van der Waals surface area contributed by atoms with Crippen molar-refractivity contribution in [2.75, 3.05) is 0 Å². The number of allylic oxidation sites excluding steroid dienone is 1. The summed E-state index contributed by atoms with van der Waals surface area (Å²) < 4.78 is 17.1. The van der Waals surface area contributed by atoms with E-state index in [-0.39, 0.29) is 0 Å². The summed E-state index contributed by atoms with van der Waals surface area (Å²) in [5.41, 5.74) is 15.3. The lowest BCUT2D eigenvalue weighted by Gasteiger charge is -2.10. The molecule has 0 aliphatic heterocycles. The Labute approximate surface area is 339 Å². The van der Waals surface area contributed by atoms with Crippen molar-refractivity contribution in [2.45, 2.75) is 6.92 Å². The summed E-state index contributed by atoms with van der Waals surface area (Å²) in [5, 5.41) is 8.19. The second-order valence-corrected chi connectivity index (χ2v) is 15.3. The summed E-state index contributed by atoms with van der Waals surface area (Å²) in [6, 6.07) is 61.3. The van der Waals surface area contributed by atoms with Crippen LogP contribution in [0.5, 0.6) is 0 Å². The Morgan fingerprint density at radius 1 is 0.407 bits per heavy atom. The van der Waals surface area contributed by atoms with Crippen LogP contribution in [0.2, 0.25) is 0 Å². The minimum atomic E-state index is 0.827. The first-order valence-corrected chi connectivity index (χ1v) is 20.1. The molecule has 12 rings (SSSR count). The number of aromatic nitrogens is 2. The Hall–Kier alpha value is -7.82. The summed E-state index contributed by atoms with van der Waals surface area (Å²) in [7, 11) is 0. The van der Waals surface area contributed by atoms with Crippen molar-refractivity contribution in [1.82, 2.24) is 9.13 Å². The van der Waals surface area contributed by atoms with Crippen molar-refractivity contribution in [2.24, 2.45) is 0 Å². The van der Waals surface area contributed by atoms with E-state index in [2.05, 4.69) is 173 Å². The van der Waals surface area contributed by atoms with Crippen LogP contribution in [0.1, 0.15) is 18.2 Å². The Morgan fingerprint density at radius 2 is 0.915 bits per heavy atom. The standard InChI is InChI=1S/C55H36N2O2/c1-3-12-52-40(4-2)46-32-38(23-27-54(46)58-52)56-48-18-8-5-15-41(48)44-30-36(21-25-50(44)56)34-13-11-14-35(29-34)37-22-26-51-45(31-37)42-16-6-9-19-49(42)57(51)39-24-28-55-47(33-39)43-17-7-10-20-53(43)59-55/h3-33H,2H2,1H3/b12-3-. The average molecular weight is 757 g/mol. The lowest BCUT2D eigenvalue weighted by Crippen LogP contribution is -1.93. The van der Waals surface area contributed by atoms with Crippen molar-refractivity contribution in [1.29, 1.82) is 0 Å². The lowest BCUT2D eigenvalue weighted by atomic mass is 9.97. The third-order valence-corrected chi connectivity index (χ3v) is 12.0. The van der Waals surface area contributed by atoms with Gasteiger partial charge < -0.3 is 18.0 Å². The highest BCUT2D eigenvalue weighted by atomic mass is 16.3. The van der Waals surface area contributed by atoms with Gasteiger partial charge in [0.05, 0.1) is 22.1 Å². The molecule has 4 heterocycles. The summed E-state index contributed by atoms with van der Waals surface area (Å²) in [6.07, 6.45) is 5.88. The van der Waals surface area contributed by atoms with E-state index in [1.54, 1.807) is 0 Å². The molecule has 4 nitrogen and oxygen atoms in total. The number of furan rings is 2. The predicted octanol–water partition coefficient (Wildman–Crippen LogP) is 15.5. The zero-order valence-corrected chi connectivity index (χ0v) is 32.3. The van der Waals surface area contributed by atoms with Gasteiger partial charge in [-0.15, -0.1) is 0 Å². The minimum absolute atomic E-state index is 0.827. The summed E-state index contributed by atoms with van der Waals surface area (Å²) >= 11 is 0. The number of hydrogen-bond acceptors (Lipinski definition) is 2. The first kappa shape index (κ1) is 33.3. The first-order valence-electron chi connectivity index (χ1n) is 20.1. The Bertz CT molecular complexity index is 3710. The fourth-order valence-corrected chi connectivity index (χ4v) is 9.34. The molecule has 4 heteroatoms. The molecule has 278 valence electrons. The van der Waals surface area contributed by atoms with Crippen LogP contribution in [-0.2, 0) is 0 Å². The molecule has 0 unspecified atom stereocenters. The molecule has 8 aromatic carbocycles. The highest BCUT2D eigenvalue weighted by molar-refractivity contribution is 6.13. The third-order valence-electron chi connectivity index (χ3n) is 12.0. The van der Waals surface area contributed by atoms with E-state index in [4.69, 9.17) is 8.83 Å². The van der Waals surface area contributed by atoms with E-state index in [9.17, 15) is 0 Å². The molecule has 12 aromatic rings. The van der Waals surface area contributed by atoms with Gasteiger partial charge in [0.2, 0.25) is 0 Å². The largest absolute Gasteiger partial charge is 0.456 e. The number of fused-ring (bicyclic) bond motifs is 10. The zero-order chi connectivity index (χ0) is 39.2. The van der Waals surface area contributed by atoms with Crippen molar-refractivity contribution >= 4 is 88.7 Å². The van der Waals surface area contributed by atoms with Crippen LogP contribution >= 0.6 is 0 Å². The van der Waals surface area contributed by atoms with Gasteiger partial charge in [-0.25, -0.2) is 0 Å². The number of benzene rings is 8. The SMILES string of the molecule is C=Cc1c(/C=C\C)oc2ccc(-n3c4ccccc4c4cc(-c5cccc(-c6ccc7c(c6)c6ccccc6n7-c6ccc7oc8ccccc8c7c6)c5)ccc43)cc12. The predicted molar refractivity (Wildman–Crippen MR) is 248 cm³/mol. The number of rotatable bonds is 6. The Balaban J connectivity index is 0.961. The van der Waals surface area contributed by atoms with Crippen LogP contribution in [0.15, 0.2) is 191 Å². The van der Waals surface area contributed by atoms with Crippen LogP contribution in [0.25, 0.3) is 122 Å². The molecule has 0 radical (unpaired) electrons. The molecule has 0 aliphatic rings. The highest BCUT2D eigenvalue weighted by Crippen LogP contribution is 2.40. The normalized spacial score (nSPS) is 12.2. The fourth-order valence-electron chi connectivity index (χ4n) is 9.34. The Morgan fingerprint density at radius 3 is 1.53 bits per heavy atom. The molecule has 0 spiro atoms. The molecular formula is C55H36N2O2. The smallest absolute Gasteiger partial charge is 0.135 e. The van der Waals surface area contributed by atoms with E-state index in [0.29, 0.717) is 0 Å². The summed E-state index contributed by atoms with van der Waals surface area (Å²) in [6.45, 7) is 6.10. The van der Waals surface area contributed by atoms with E-state index in [1.807, 2.05) is 37.3 Å². The highest BCUT2D eigenvalue weighted by Gasteiger charge is 2.18. The van der Waals surface area contributed by atoms with E-state index < -0.39 is 0 Å². The molecule has 0 N–H and O–H groups in total. The van der Waals surface area contributed by atoms with Gasteiger partial charge in [-0.1, -0.05) is 104 Å². The third kappa shape index (κ3) is 5.03.